The summed E-state index contributed by atoms with van der Waals surface area (Å²) < 4.78 is 0. The Balaban J connectivity index is 2.29. The lowest BCUT2D eigenvalue weighted by Crippen LogP contribution is -2.13. The first-order valence-electron chi connectivity index (χ1n) is 4.59. The number of rotatable bonds is 3. The Labute approximate surface area is 79.6 Å². The minimum absolute atomic E-state index is 0.363. The van der Waals surface area contributed by atoms with Crippen LogP contribution in [0, 0.1) is 5.41 Å². The van der Waals surface area contributed by atoms with E-state index < -0.39 is 0 Å². The number of hydrogen-bond acceptors (Lipinski definition) is 3. The van der Waals surface area contributed by atoms with Crippen molar-refractivity contribution >= 4 is 5.95 Å². The third kappa shape index (κ3) is 4.45. The summed E-state index contributed by atoms with van der Waals surface area (Å²) in [6, 6.07) is 1.81. The van der Waals surface area contributed by atoms with E-state index in [4.69, 9.17) is 0 Å². The maximum absolute atomic E-state index is 4.08. The summed E-state index contributed by atoms with van der Waals surface area (Å²) in [7, 11) is 0. The molecule has 0 aliphatic rings. The predicted molar refractivity (Wildman–Crippen MR) is 54.6 cm³/mol. The number of anilines is 1. The zero-order valence-corrected chi connectivity index (χ0v) is 8.54. The molecule has 1 rings (SSSR count). The molecule has 0 bridgehead atoms. The lowest BCUT2D eigenvalue weighted by Gasteiger charge is -2.17. The summed E-state index contributed by atoms with van der Waals surface area (Å²) in [5, 5.41) is 3.18. The van der Waals surface area contributed by atoms with Gasteiger partial charge < -0.3 is 5.32 Å². The first-order chi connectivity index (χ1) is 6.08. The van der Waals surface area contributed by atoms with E-state index in [1.54, 1.807) is 12.4 Å². The van der Waals surface area contributed by atoms with Crippen molar-refractivity contribution in [3.05, 3.63) is 18.5 Å². The zero-order valence-electron chi connectivity index (χ0n) is 8.54. The van der Waals surface area contributed by atoms with Crippen LogP contribution in [0.2, 0.25) is 0 Å². The highest BCUT2D eigenvalue weighted by Crippen LogP contribution is 2.17. The summed E-state index contributed by atoms with van der Waals surface area (Å²) in [4.78, 5) is 8.15. The molecule has 1 heterocycles. The first-order valence-corrected chi connectivity index (χ1v) is 4.59. The molecule has 13 heavy (non-hydrogen) atoms. The first kappa shape index (κ1) is 9.96. The minimum Gasteiger partial charge on any atom is -0.354 e. The summed E-state index contributed by atoms with van der Waals surface area (Å²) in [5.41, 5.74) is 0.363. The van der Waals surface area contributed by atoms with Crippen molar-refractivity contribution in [3.63, 3.8) is 0 Å². The van der Waals surface area contributed by atoms with Crippen LogP contribution < -0.4 is 5.32 Å². The second-order valence-electron chi connectivity index (χ2n) is 4.31. The van der Waals surface area contributed by atoms with Gasteiger partial charge in [-0.15, -0.1) is 0 Å². The Kier molecular flexibility index (Phi) is 3.23. The van der Waals surface area contributed by atoms with Crippen molar-refractivity contribution in [2.75, 3.05) is 11.9 Å². The zero-order chi connectivity index (χ0) is 9.73. The molecule has 0 aliphatic heterocycles. The van der Waals surface area contributed by atoms with Crippen LogP contribution >= 0.6 is 0 Å². The van der Waals surface area contributed by atoms with Crippen molar-refractivity contribution < 1.29 is 0 Å². The molecule has 0 unspecified atom stereocenters. The van der Waals surface area contributed by atoms with E-state index in [1.165, 1.54) is 0 Å². The number of nitrogens with one attached hydrogen (secondary N) is 1. The summed E-state index contributed by atoms with van der Waals surface area (Å²) in [5.74, 6) is 0.715. The lowest BCUT2D eigenvalue weighted by atomic mass is 9.92. The van der Waals surface area contributed by atoms with E-state index in [-0.39, 0.29) is 0 Å². The molecule has 3 nitrogen and oxygen atoms in total. The second-order valence-corrected chi connectivity index (χ2v) is 4.31. The van der Waals surface area contributed by atoms with Crippen LogP contribution in [0.25, 0.3) is 0 Å². The van der Waals surface area contributed by atoms with Gasteiger partial charge in [-0.05, 0) is 17.9 Å². The summed E-state index contributed by atoms with van der Waals surface area (Å²) in [6.45, 7) is 7.59. The maximum Gasteiger partial charge on any atom is 0.222 e. The molecule has 72 valence electrons. The molecule has 0 atom stereocenters. The molecule has 0 saturated heterocycles. The summed E-state index contributed by atoms with van der Waals surface area (Å²) >= 11 is 0. The molecular weight excluding hydrogens is 162 g/mol. The monoisotopic (exact) mass is 179 g/mol. The standard InChI is InChI=1S/C10H17N3/c1-10(2,3)5-8-13-9-11-6-4-7-12-9/h4,6-7H,5,8H2,1-3H3,(H,11,12,13). The normalized spacial score (nSPS) is 11.3. The largest absolute Gasteiger partial charge is 0.354 e. The molecule has 3 heteroatoms. The average Bonchev–Trinajstić information content (AvgIpc) is 2.04. The van der Waals surface area contributed by atoms with Gasteiger partial charge >= 0.3 is 0 Å². The topological polar surface area (TPSA) is 37.8 Å². The van der Waals surface area contributed by atoms with Crippen molar-refractivity contribution in [1.29, 1.82) is 0 Å². The van der Waals surface area contributed by atoms with E-state index in [0.29, 0.717) is 11.4 Å². The molecule has 1 N–H and O–H groups in total. The fraction of sp³-hybridized carbons (Fsp3) is 0.600. The highest BCUT2D eigenvalue weighted by Gasteiger charge is 2.08. The Morgan fingerprint density at radius 1 is 1.23 bits per heavy atom. The van der Waals surface area contributed by atoms with Gasteiger partial charge in [-0.3, -0.25) is 0 Å². The molecule has 0 aromatic carbocycles. The van der Waals surface area contributed by atoms with Gasteiger partial charge in [-0.25, -0.2) is 9.97 Å². The number of nitrogens with zero attached hydrogens (tertiary/aromatic N) is 2. The van der Waals surface area contributed by atoms with E-state index >= 15 is 0 Å². The summed E-state index contributed by atoms with van der Waals surface area (Å²) in [6.07, 6.45) is 4.60. The third-order valence-corrected chi connectivity index (χ3v) is 1.72. The van der Waals surface area contributed by atoms with Crippen molar-refractivity contribution in [1.82, 2.24) is 9.97 Å². The van der Waals surface area contributed by atoms with Crippen LogP contribution in [0.1, 0.15) is 27.2 Å². The Bertz CT molecular complexity index is 238. The molecule has 0 amide bonds. The van der Waals surface area contributed by atoms with E-state index in [2.05, 4.69) is 36.1 Å². The molecule has 1 aromatic heterocycles. The Hall–Kier alpha value is -1.12. The van der Waals surface area contributed by atoms with Gasteiger partial charge in [0.05, 0.1) is 0 Å². The SMILES string of the molecule is CC(C)(C)CCNc1ncccn1. The van der Waals surface area contributed by atoms with Crippen molar-refractivity contribution in [3.8, 4) is 0 Å². The van der Waals surface area contributed by atoms with Gasteiger partial charge in [0, 0.05) is 18.9 Å². The molecule has 0 spiro atoms. The van der Waals surface area contributed by atoms with E-state index in [1.807, 2.05) is 6.07 Å². The van der Waals surface area contributed by atoms with Crippen molar-refractivity contribution in [2.45, 2.75) is 27.2 Å². The van der Waals surface area contributed by atoms with E-state index in [9.17, 15) is 0 Å². The van der Waals surface area contributed by atoms with Gasteiger partial charge in [-0.1, -0.05) is 20.8 Å². The second kappa shape index (κ2) is 4.21. The van der Waals surface area contributed by atoms with Gasteiger partial charge in [0.25, 0.3) is 0 Å². The van der Waals surface area contributed by atoms with Crippen LogP contribution in [-0.2, 0) is 0 Å². The minimum atomic E-state index is 0.363. The van der Waals surface area contributed by atoms with Crippen LogP contribution in [0.15, 0.2) is 18.5 Å². The predicted octanol–water partition coefficient (Wildman–Crippen LogP) is 2.32. The van der Waals surface area contributed by atoms with E-state index in [0.717, 1.165) is 13.0 Å². The Morgan fingerprint density at radius 3 is 2.38 bits per heavy atom. The van der Waals surface area contributed by atoms with Crippen molar-refractivity contribution in [2.24, 2.45) is 5.41 Å². The highest BCUT2D eigenvalue weighted by molar-refractivity contribution is 5.21. The Morgan fingerprint density at radius 2 is 1.85 bits per heavy atom. The highest BCUT2D eigenvalue weighted by atomic mass is 15.1. The maximum atomic E-state index is 4.08. The van der Waals surface area contributed by atoms with Gasteiger partial charge in [0.15, 0.2) is 0 Å². The average molecular weight is 179 g/mol. The number of aromatic nitrogens is 2. The molecule has 0 fully saturated rings. The lowest BCUT2D eigenvalue weighted by molar-refractivity contribution is 0.389. The van der Waals surface area contributed by atoms with Crippen LogP contribution in [-0.4, -0.2) is 16.5 Å². The third-order valence-electron chi connectivity index (χ3n) is 1.72. The quantitative estimate of drug-likeness (QED) is 0.773. The molecule has 0 radical (unpaired) electrons. The van der Waals surface area contributed by atoms with Gasteiger partial charge in [0.1, 0.15) is 0 Å². The fourth-order valence-electron chi connectivity index (χ4n) is 0.940. The smallest absolute Gasteiger partial charge is 0.222 e. The number of hydrogen-bond donors (Lipinski definition) is 1. The van der Waals surface area contributed by atoms with Crippen LogP contribution in [0.4, 0.5) is 5.95 Å². The molecule has 1 aromatic rings. The van der Waals surface area contributed by atoms with Gasteiger partial charge in [-0.2, -0.15) is 0 Å². The molecular formula is C10H17N3. The fourth-order valence-corrected chi connectivity index (χ4v) is 0.940. The molecule has 0 saturated carbocycles. The van der Waals surface area contributed by atoms with Crippen LogP contribution in [0.5, 0.6) is 0 Å². The van der Waals surface area contributed by atoms with Gasteiger partial charge in [0.2, 0.25) is 5.95 Å². The van der Waals surface area contributed by atoms with Crippen LogP contribution in [0.3, 0.4) is 0 Å². The molecule has 0 aliphatic carbocycles.